The third-order valence-corrected chi connectivity index (χ3v) is 5.16. The number of aromatic nitrogens is 3. The lowest BCUT2D eigenvalue weighted by atomic mass is 10.3. The van der Waals surface area contributed by atoms with Crippen molar-refractivity contribution < 1.29 is 18.7 Å². The van der Waals surface area contributed by atoms with Crippen molar-refractivity contribution >= 4 is 23.1 Å². The van der Waals surface area contributed by atoms with Gasteiger partial charge in [0.1, 0.15) is 39.6 Å². The van der Waals surface area contributed by atoms with Gasteiger partial charge >= 0.3 is 5.97 Å². The van der Waals surface area contributed by atoms with Gasteiger partial charge in [-0.25, -0.2) is 19.2 Å². The number of rotatable bonds is 8. The number of anilines is 1. The average molecular weight is 416 g/mol. The SMILES string of the molecule is CCOC(=O)c1sc(-c2cncc(N(C)CCOc3ccc(F)cc3)n2)nc1C. The Labute approximate surface area is 172 Å². The summed E-state index contributed by atoms with van der Waals surface area (Å²) < 4.78 is 23.6. The van der Waals surface area contributed by atoms with E-state index in [1.54, 1.807) is 38.4 Å². The van der Waals surface area contributed by atoms with Crippen LogP contribution in [0.15, 0.2) is 36.7 Å². The van der Waals surface area contributed by atoms with Gasteiger partial charge in [0.15, 0.2) is 0 Å². The molecule has 1 aromatic carbocycles. The number of ether oxygens (including phenoxy) is 2. The van der Waals surface area contributed by atoms with Crippen LogP contribution in [0.4, 0.5) is 10.2 Å². The van der Waals surface area contributed by atoms with E-state index in [1.165, 1.54) is 23.5 Å². The Morgan fingerprint density at radius 2 is 1.97 bits per heavy atom. The van der Waals surface area contributed by atoms with E-state index in [1.807, 2.05) is 11.9 Å². The first-order valence-electron chi connectivity index (χ1n) is 9.04. The van der Waals surface area contributed by atoms with E-state index in [-0.39, 0.29) is 11.8 Å². The van der Waals surface area contributed by atoms with Crippen molar-refractivity contribution in [3.05, 3.63) is 53.0 Å². The van der Waals surface area contributed by atoms with Gasteiger partial charge in [0.2, 0.25) is 0 Å². The van der Waals surface area contributed by atoms with Gasteiger partial charge < -0.3 is 14.4 Å². The second kappa shape index (κ2) is 9.42. The lowest BCUT2D eigenvalue weighted by Crippen LogP contribution is -2.24. The van der Waals surface area contributed by atoms with Crippen LogP contribution < -0.4 is 9.64 Å². The molecule has 0 saturated carbocycles. The highest BCUT2D eigenvalue weighted by Crippen LogP contribution is 2.27. The molecule has 0 bridgehead atoms. The molecule has 3 aromatic rings. The molecule has 0 atom stereocenters. The van der Waals surface area contributed by atoms with Gasteiger partial charge in [-0.05, 0) is 38.1 Å². The monoisotopic (exact) mass is 416 g/mol. The minimum absolute atomic E-state index is 0.301. The van der Waals surface area contributed by atoms with E-state index < -0.39 is 0 Å². The molecular formula is C20H21FN4O3S. The fourth-order valence-electron chi connectivity index (χ4n) is 2.48. The number of carbonyl (C=O) groups is 1. The number of halogens is 1. The Morgan fingerprint density at radius 3 is 2.69 bits per heavy atom. The molecule has 0 aliphatic carbocycles. The van der Waals surface area contributed by atoms with Gasteiger partial charge in [-0.15, -0.1) is 11.3 Å². The van der Waals surface area contributed by atoms with Gasteiger partial charge in [-0.2, -0.15) is 0 Å². The standard InChI is InChI=1S/C20H21FN4O3S/c1-4-27-20(26)18-13(2)23-19(29-18)16-11-22-12-17(24-16)25(3)9-10-28-15-7-5-14(21)6-8-15/h5-8,11-12H,4,9-10H2,1-3H3. The molecule has 152 valence electrons. The third kappa shape index (κ3) is 5.26. The van der Waals surface area contributed by atoms with Crippen LogP contribution in [0.3, 0.4) is 0 Å². The zero-order chi connectivity index (χ0) is 20.8. The summed E-state index contributed by atoms with van der Waals surface area (Å²) in [6.07, 6.45) is 3.26. The molecule has 0 N–H and O–H groups in total. The van der Waals surface area contributed by atoms with Crippen LogP contribution in [0, 0.1) is 12.7 Å². The molecule has 0 fully saturated rings. The van der Waals surface area contributed by atoms with E-state index in [0.717, 1.165) is 0 Å². The highest BCUT2D eigenvalue weighted by Gasteiger charge is 2.18. The Bertz CT molecular complexity index is 978. The molecule has 29 heavy (non-hydrogen) atoms. The number of aryl methyl sites for hydroxylation is 1. The highest BCUT2D eigenvalue weighted by atomic mass is 32.1. The number of esters is 1. The Balaban J connectivity index is 1.66. The number of carbonyl (C=O) groups excluding carboxylic acids is 1. The quantitative estimate of drug-likeness (QED) is 0.518. The second-order valence-electron chi connectivity index (χ2n) is 6.14. The van der Waals surface area contributed by atoms with E-state index >= 15 is 0 Å². The van der Waals surface area contributed by atoms with E-state index in [2.05, 4.69) is 15.0 Å². The fourth-order valence-corrected chi connectivity index (χ4v) is 3.39. The largest absolute Gasteiger partial charge is 0.492 e. The van der Waals surface area contributed by atoms with Crippen LogP contribution >= 0.6 is 11.3 Å². The van der Waals surface area contributed by atoms with Crippen molar-refractivity contribution in [1.82, 2.24) is 15.0 Å². The molecule has 9 heteroatoms. The number of thiazole rings is 1. The van der Waals surface area contributed by atoms with Gasteiger partial charge in [-0.3, -0.25) is 4.98 Å². The molecule has 0 amide bonds. The highest BCUT2D eigenvalue weighted by molar-refractivity contribution is 7.17. The molecule has 7 nitrogen and oxygen atoms in total. The van der Waals surface area contributed by atoms with Crippen LogP contribution in [0.2, 0.25) is 0 Å². The van der Waals surface area contributed by atoms with E-state index in [4.69, 9.17) is 9.47 Å². The molecule has 0 saturated heterocycles. The molecule has 0 spiro atoms. The van der Waals surface area contributed by atoms with Crippen LogP contribution in [-0.4, -0.2) is 47.7 Å². The summed E-state index contributed by atoms with van der Waals surface area (Å²) in [6.45, 7) is 4.80. The predicted molar refractivity (Wildman–Crippen MR) is 109 cm³/mol. The minimum Gasteiger partial charge on any atom is -0.492 e. The molecule has 0 radical (unpaired) electrons. The number of likely N-dealkylation sites (N-methyl/N-ethyl adjacent to an activating group) is 1. The topological polar surface area (TPSA) is 77.4 Å². The van der Waals surface area contributed by atoms with Gasteiger partial charge in [-0.1, -0.05) is 0 Å². The number of benzene rings is 1. The Kier molecular flexibility index (Phi) is 6.71. The third-order valence-electron chi connectivity index (χ3n) is 4.00. The summed E-state index contributed by atoms with van der Waals surface area (Å²) in [5.74, 6) is 0.568. The van der Waals surface area contributed by atoms with Gasteiger partial charge in [0.25, 0.3) is 0 Å². The van der Waals surface area contributed by atoms with Gasteiger partial charge in [0, 0.05) is 7.05 Å². The van der Waals surface area contributed by atoms with Crippen molar-refractivity contribution in [2.45, 2.75) is 13.8 Å². The summed E-state index contributed by atoms with van der Waals surface area (Å²) in [5.41, 5.74) is 1.19. The maximum absolute atomic E-state index is 12.9. The summed E-state index contributed by atoms with van der Waals surface area (Å²) in [5, 5.41) is 0.607. The normalized spacial score (nSPS) is 10.6. The lowest BCUT2D eigenvalue weighted by molar-refractivity contribution is 0.0531. The zero-order valence-electron chi connectivity index (χ0n) is 16.4. The summed E-state index contributed by atoms with van der Waals surface area (Å²) >= 11 is 1.24. The Hall–Kier alpha value is -3.07. The molecule has 0 aliphatic rings. The number of hydrogen-bond acceptors (Lipinski definition) is 8. The van der Waals surface area contributed by atoms with Crippen LogP contribution in [0.25, 0.3) is 10.7 Å². The maximum Gasteiger partial charge on any atom is 0.350 e. The fraction of sp³-hybridized carbons (Fsp3) is 0.300. The molecule has 0 aliphatic heterocycles. The first kappa shape index (κ1) is 20.7. The lowest BCUT2D eigenvalue weighted by Gasteiger charge is -2.18. The van der Waals surface area contributed by atoms with E-state index in [9.17, 15) is 9.18 Å². The smallest absolute Gasteiger partial charge is 0.350 e. The van der Waals surface area contributed by atoms with Crippen LogP contribution in [0.1, 0.15) is 22.3 Å². The summed E-state index contributed by atoms with van der Waals surface area (Å²) in [4.78, 5) is 27.6. The Morgan fingerprint density at radius 1 is 1.21 bits per heavy atom. The van der Waals surface area contributed by atoms with Crippen molar-refractivity contribution in [2.75, 3.05) is 31.7 Å². The number of nitrogens with zero attached hydrogens (tertiary/aromatic N) is 4. The summed E-state index contributed by atoms with van der Waals surface area (Å²) in [6, 6.07) is 5.88. The second-order valence-corrected chi connectivity index (χ2v) is 7.14. The zero-order valence-corrected chi connectivity index (χ0v) is 17.2. The van der Waals surface area contributed by atoms with Crippen LogP contribution in [-0.2, 0) is 4.74 Å². The minimum atomic E-state index is -0.382. The van der Waals surface area contributed by atoms with Crippen LogP contribution in [0.5, 0.6) is 5.75 Å². The first-order valence-corrected chi connectivity index (χ1v) is 9.86. The van der Waals surface area contributed by atoms with Gasteiger partial charge in [0.05, 0.1) is 31.2 Å². The van der Waals surface area contributed by atoms with Crippen molar-refractivity contribution in [1.29, 1.82) is 0 Å². The summed E-state index contributed by atoms with van der Waals surface area (Å²) in [7, 11) is 1.87. The molecule has 0 unspecified atom stereocenters. The number of hydrogen-bond donors (Lipinski definition) is 0. The van der Waals surface area contributed by atoms with E-state index in [0.29, 0.717) is 52.6 Å². The van der Waals surface area contributed by atoms with Crippen molar-refractivity contribution in [2.24, 2.45) is 0 Å². The molecule has 3 rings (SSSR count). The molecule has 2 aromatic heterocycles. The van der Waals surface area contributed by atoms with Crippen molar-refractivity contribution in [3.63, 3.8) is 0 Å². The van der Waals surface area contributed by atoms with Crippen molar-refractivity contribution in [3.8, 4) is 16.5 Å². The maximum atomic E-state index is 12.9. The molecular weight excluding hydrogens is 395 g/mol. The first-order chi connectivity index (χ1) is 14.0. The predicted octanol–water partition coefficient (Wildman–Crippen LogP) is 3.74. The molecule has 2 heterocycles. The average Bonchev–Trinajstić information content (AvgIpc) is 3.11.